The van der Waals surface area contributed by atoms with Crippen molar-refractivity contribution >= 4 is 8.32 Å². The summed E-state index contributed by atoms with van der Waals surface area (Å²) >= 11 is 0. The SMILES string of the molecule is COCCOCO[C@H](CO[Si](C)(C)C(C)(C)C)[C@@H](C)COCc1ccccc1. The molecule has 0 bridgehead atoms. The summed E-state index contributed by atoms with van der Waals surface area (Å²) in [5.74, 6) is 0.194. The van der Waals surface area contributed by atoms with Crippen LogP contribution in [0.2, 0.25) is 18.1 Å². The summed E-state index contributed by atoms with van der Waals surface area (Å²) in [6, 6.07) is 10.2. The monoisotopic (exact) mass is 412 g/mol. The van der Waals surface area contributed by atoms with E-state index in [1.165, 1.54) is 5.56 Å². The fourth-order valence-electron chi connectivity index (χ4n) is 2.26. The summed E-state index contributed by atoms with van der Waals surface area (Å²) in [6.45, 7) is 16.5. The van der Waals surface area contributed by atoms with Gasteiger partial charge in [-0.1, -0.05) is 58.0 Å². The van der Waals surface area contributed by atoms with Gasteiger partial charge in [-0.15, -0.1) is 0 Å². The Kier molecular flexibility index (Phi) is 11.5. The highest BCUT2D eigenvalue weighted by Crippen LogP contribution is 2.36. The van der Waals surface area contributed by atoms with Gasteiger partial charge < -0.3 is 23.4 Å². The molecule has 2 atom stereocenters. The fraction of sp³-hybridized carbons (Fsp3) is 0.727. The van der Waals surface area contributed by atoms with Crippen LogP contribution in [0.15, 0.2) is 30.3 Å². The molecule has 0 aromatic heterocycles. The van der Waals surface area contributed by atoms with Gasteiger partial charge >= 0.3 is 0 Å². The predicted molar refractivity (Wildman–Crippen MR) is 116 cm³/mol. The topological polar surface area (TPSA) is 46.2 Å². The van der Waals surface area contributed by atoms with Crippen LogP contribution < -0.4 is 0 Å². The maximum atomic E-state index is 6.40. The number of hydrogen-bond donors (Lipinski definition) is 0. The molecule has 0 radical (unpaired) electrons. The van der Waals surface area contributed by atoms with Gasteiger partial charge in [-0.3, -0.25) is 0 Å². The van der Waals surface area contributed by atoms with Crippen LogP contribution in [-0.2, 0) is 30.0 Å². The Balaban J connectivity index is 2.54. The van der Waals surface area contributed by atoms with Crippen LogP contribution in [-0.4, -0.2) is 54.8 Å². The molecule has 0 heterocycles. The number of hydrogen-bond acceptors (Lipinski definition) is 5. The molecular formula is C22H40O5Si. The first-order chi connectivity index (χ1) is 13.2. The third-order valence-corrected chi connectivity index (χ3v) is 9.84. The fourth-order valence-corrected chi connectivity index (χ4v) is 3.28. The van der Waals surface area contributed by atoms with Crippen LogP contribution in [0.4, 0.5) is 0 Å². The van der Waals surface area contributed by atoms with Crippen LogP contribution >= 0.6 is 0 Å². The summed E-state index contributed by atoms with van der Waals surface area (Å²) in [4.78, 5) is 0. The molecule has 28 heavy (non-hydrogen) atoms. The zero-order valence-electron chi connectivity index (χ0n) is 18.8. The molecule has 0 unspecified atom stereocenters. The van der Waals surface area contributed by atoms with E-state index in [1.54, 1.807) is 7.11 Å². The number of ether oxygens (including phenoxy) is 4. The number of methoxy groups -OCH3 is 1. The first-order valence-corrected chi connectivity index (χ1v) is 13.0. The second kappa shape index (κ2) is 12.7. The van der Waals surface area contributed by atoms with E-state index in [4.69, 9.17) is 23.4 Å². The second-order valence-corrected chi connectivity index (χ2v) is 13.6. The van der Waals surface area contributed by atoms with Gasteiger partial charge in [0.1, 0.15) is 6.79 Å². The Labute approximate surface area is 172 Å². The van der Waals surface area contributed by atoms with Crippen molar-refractivity contribution in [1.82, 2.24) is 0 Å². The average Bonchev–Trinajstić information content (AvgIpc) is 2.63. The largest absolute Gasteiger partial charge is 0.414 e. The third kappa shape index (κ3) is 9.63. The Morgan fingerprint density at radius 1 is 0.964 bits per heavy atom. The van der Waals surface area contributed by atoms with Gasteiger partial charge in [-0.2, -0.15) is 0 Å². The molecule has 0 aliphatic carbocycles. The standard InChI is InChI=1S/C22H40O5Si/c1-19(15-25-16-20-11-9-8-10-12-20)21(26-18-24-14-13-23-5)17-27-28(6,7)22(2,3)4/h8-12,19,21H,13-18H2,1-7H3/t19-,21+/m0/s1. The van der Waals surface area contributed by atoms with Gasteiger partial charge in [0.25, 0.3) is 0 Å². The quantitative estimate of drug-likeness (QED) is 0.248. The lowest BCUT2D eigenvalue weighted by atomic mass is 10.1. The molecular weight excluding hydrogens is 372 g/mol. The van der Waals surface area contributed by atoms with E-state index in [0.717, 1.165) is 0 Å². The molecule has 162 valence electrons. The summed E-state index contributed by atoms with van der Waals surface area (Å²) in [7, 11) is -0.180. The van der Waals surface area contributed by atoms with Crippen molar-refractivity contribution in [3.05, 3.63) is 35.9 Å². The Morgan fingerprint density at radius 3 is 2.25 bits per heavy atom. The maximum Gasteiger partial charge on any atom is 0.192 e. The van der Waals surface area contributed by atoms with Crippen molar-refractivity contribution in [1.29, 1.82) is 0 Å². The van der Waals surface area contributed by atoms with E-state index in [2.05, 4.69) is 52.9 Å². The summed E-state index contributed by atoms with van der Waals surface area (Å²) in [5.41, 5.74) is 1.17. The van der Waals surface area contributed by atoms with Crippen molar-refractivity contribution < 1.29 is 23.4 Å². The maximum absolute atomic E-state index is 6.40. The molecule has 1 rings (SSSR count). The molecule has 1 aromatic rings. The Bertz CT molecular complexity index is 515. The predicted octanol–water partition coefficient (Wildman–Crippen LogP) is 4.87. The van der Waals surface area contributed by atoms with Gasteiger partial charge in [0, 0.05) is 13.0 Å². The summed E-state index contributed by atoms with van der Waals surface area (Å²) in [6.07, 6.45) is -0.0764. The first-order valence-electron chi connectivity index (χ1n) is 10.1. The van der Waals surface area contributed by atoms with Crippen molar-refractivity contribution in [3.8, 4) is 0 Å². The zero-order valence-corrected chi connectivity index (χ0v) is 19.8. The van der Waals surface area contributed by atoms with Gasteiger partial charge in [-0.25, -0.2) is 0 Å². The van der Waals surface area contributed by atoms with Crippen molar-refractivity contribution in [2.75, 3.05) is 40.3 Å². The first kappa shape index (κ1) is 25.3. The highest BCUT2D eigenvalue weighted by molar-refractivity contribution is 6.74. The van der Waals surface area contributed by atoms with Crippen LogP contribution in [0, 0.1) is 5.92 Å². The molecule has 0 fully saturated rings. The van der Waals surface area contributed by atoms with Crippen LogP contribution in [0.1, 0.15) is 33.3 Å². The number of rotatable bonds is 14. The van der Waals surface area contributed by atoms with Gasteiger partial charge in [0.15, 0.2) is 8.32 Å². The Hall–Kier alpha value is -0.763. The smallest absolute Gasteiger partial charge is 0.192 e. The van der Waals surface area contributed by atoms with E-state index in [-0.39, 0.29) is 23.9 Å². The highest BCUT2D eigenvalue weighted by atomic mass is 28.4. The van der Waals surface area contributed by atoms with Crippen molar-refractivity contribution in [2.24, 2.45) is 5.92 Å². The average molecular weight is 413 g/mol. The molecule has 5 nitrogen and oxygen atoms in total. The summed E-state index contributed by atoms with van der Waals surface area (Å²) < 4.78 is 28.8. The second-order valence-electron chi connectivity index (χ2n) is 8.77. The van der Waals surface area contributed by atoms with E-state index >= 15 is 0 Å². The molecule has 0 saturated heterocycles. The van der Waals surface area contributed by atoms with Gasteiger partial charge in [0.2, 0.25) is 0 Å². The summed E-state index contributed by atoms with van der Waals surface area (Å²) in [5, 5.41) is 0.166. The van der Waals surface area contributed by atoms with Gasteiger partial charge in [0.05, 0.1) is 39.1 Å². The van der Waals surface area contributed by atoms with Crippen molar-refractivity contribution in [3.63, 3.8) is 0 Å². The normalized spacial score (nSPS) is 14.8. The molecule has 0 aliphatic rings. The minimum Gasteiger partial charge on any atom is -0.414 e. The Morgan fingerprint density at radius 2 is 1.64 bits per heavy atom. The lowest BCUT2D eigenvalue weighted by molar-refractivity contribution is -0.129. The molecule has 0 amide bonds. The lowest BCUT2D eigenvalue weighted by Crippen LogP contribution is -2.44. The molecule has 6 heteroatoms. The van der Waals surface area contributed by atoms with Crippen LogP contribution in [0.5, 0.6) is 0 Å². The van der Waals surface area contributed by atoms with Crippen LogP contribution in [0.3, 0.4) is 0 Å². The van der Waals surface area contributed by atoms with Crippen LogP contribution in [0.25, 0.3) is 0 Å². The molecule has 0 N–H and O–H groups in total. The molecule has 0 aliphatic heterocycles. The molecule has 0 saturated carbocycles. The van der Waals surface area contributed by atoms with E-state index in [9.17, 15) is 0 Å². The molecule has 0 spiro atoms. The van der Waals surface area contributed by atoms with E-state index in [0.29, 0.717) is 33.0 Å². The molecule has 1 aromatic carbocycles. The van der Waals surface area contributed by atoms with Crippen molar-refractivity contribution in [2.45, 2.75) is 58.5 Å². The van der Waals surface area contributed by atoms with E-state index < -0.39 is 8.32 Å². The third-order valence-electron chi connectivity index (χ3n) is 5.34. The van der Waals surface area contributed by atoms with Gasteiger partial charge in [-0.05, 0) is 23.7 Å². The highest BCUT2D eigenvalue weighted by Gasteiger charge is 2.38. The zero-order chi connectivity index (χ0) is 21.0. The lowest BCUT2D eigenvalue weighted by Gasteiger charge is -2.38. The number of benzene rings is 1. The minimum absolute atomic E-state index is 0.0764. The van der Waals surface area contributed by atoms with E-state index in [1.807, 2.05) is 18.2 Å². The minimum atomic E-state index is -1.84.